The number of nitrogens with zero attached hydrogens (tertiary/aromatic N) is 1. The zero-order valence-corrected chi connectivity index (χ0v) is 14.4. The quantitative estimate of drug-likeness (QED) is 0.668. The van der Waals surface area contributed by atoms with Gasteiger partial charge in [-0.05, 0) is 36.2 Å². The summed E-state index contributed by atoms with van der Waals surface area (Å²) in [4.78, 5) is 13.4. The van der Waals surface area contributed by atoms with Crippen LogP contribution in [0.25, 0.3) is 0 Å². The normalized spacial score (nSPS) is 12.3. The molecule has 0 spiro atoms. The van der Waals surface area contributed by atoms with E-state index in [2.05, 4.69) is 0 Å². The molecule has 0 aliphatic heterocycles. The maximum Gasteiger partial charge on any atom is 0.305 e. The van der Waals surface area contributed by atoms with Crippen molar-refractivity contribution in [1.29, 1.82) is 0 Å². The van der Waals surface area contributed by atoms with Gasteiger partial charge in [0, 0.05) is 19.5 Å². The molecule has 1 aromatic carbocycles. The molecule has 5 nitrogen and oxygen atoms in total. The van der Waals surface area contributed by atoms with Crippen molar-refractivity contribution in [2.75, 3.05) is 13.2 Å². The van der Waals surface area contributed by atoms with Crippen molar-refractivity contribution >= 4 is 5.97 Å². The van der Waals surface area contributed by atoms with Crippen molar-refractivity contribution in [3.63, 3.8) is 0 Å². The molecule has 136 valence electrons. The van der Waals surface area contributed by atoms with Crippen molar-refractivity contribution in [2.24, 2.45) is 0 Å². The number of halogens is 1. The van der Waals surface area contributed by atoms with Crippen LogP contribution < -0.4 is 0 Å². The molecule has 1 heterocycles. The topological polar surface area (TPSA) is 62.9 Å². The van der Waals surface area contributed by atoms with E-state index in [4.69, 9.17) is 9.15 Å². The summed E-state index contributed by atoms with van der Waals surface area (Å²) in [5.41, 5.74) is 0.920. The maximum atomic E-state index is 13.1. The van der Waals surface area contributed by atoms with Crippen molar-refractivity contribution < 1.29 is 23.4 Å². The van der Waals surface area contributed by atoms with Gasteiger partial charge in [-0.2, -0.15) is 0 Å². The van der Waals surface area contributed by atoms with Crippen LogP contribution in [0.2, 0.25) is 0 Å². The lowest BCUT2D eigenvalue weighted by atomic mass is 10.2. The number of hydrogen-bond donors (Lipinski definition) is 1. The van der Waals surface area contributed by atoms with Gasteiger partial charge in [0.2, 0.25) is 0 Å². The Bertz CT molecular complexity index is 627. The Labute approximate surface area is 147 Å². The van der Waals surface area contributed by atoms with E-state index in [-0.39, 0.29) is 18.4 Å². The number of carbonyl (C=O) groups is 1. The summed E-state index contributed by atoms with van der Waals surface area (Å²) in [7, 11) is 0. The van der Waals surface area contributed by atoms with E-state index >= 15 is 0 Å². The summed E-state index contributed by atoms with van der Waals surface area (Å²) in [6, 6.07) is 9.88. The van der Waals surface area contributed by atoms with E-state index < -0.39 is 6.10 Å². The van der Waals surface area contributed by atoms with E-state index in [1.54, 1.807) is 24.5 Å². The van der Waals surface area contributed by atoms with Gasteiger partial charge < -0.3 is 14.3 Å². The molecule has 0 saturated carbocycles. The minimum absolute atomic E-state index is 0.0447. The first-order valence-corrected chi connectivity index (χ1v) is 8.39. The number of carbonyl (C=O) groups excluding carboxylic acids is 1. The maximum absolute atomic E-state index is 13.1. The molecule has 0 aliphatic rings. The SMILES string of the molecule is CCCC(=O)OCC(O)CN(Cc1ccc(F)cc1)Cc1ccco1. The van der Waals surface area contributed by atoms with E-state index in [0.29, 0.717) is 32.5 Å². The van der Waals surface area contributed by atoms with Crippen LogP contribution in [-0.2, 0) is 22.6 Å². The molecule has 6 heteroatoms. The lowest BCUT2D eigenvalue weighted by molar-refractivity contribution is -0.147. The molecule has 1 aromatic heterocycles. The molecule has 2 aromatic rings. The Morgan fingerprint density at radius 1 is 1.28 bits per heavy atom. The summed E-state index contributed by atoms with van der Waals surface area (Å²) in [6.07, 6.45) is 1.84. The van der Waals surface area contributed by atoms with Crippen molar-refractivity contribution in [3.05, 3.63) is 59.8 Å². The largest absolute Gasteiger partial charge is 0.468 e. The van der Waals surface area contributed by atoms with Crippen LogP contribution in [0.4, 0.5) is 4.39 Å². The Hall–Kier alpha value is -2.18. The summed E-state index contributed by atoms with van der Waals surface area (Å²) in [6.45, 7) is 3.16. The van der Waals surface area contributed by atoms with E-state index in [1.807, 2.05) is 17.9 Å². The van der Waals surface area contributed by atoms with Gasteiger partial charge in [-0.15, -0.1) is 0 Å². The molecule has 0 fully saturated rings. The summed E-state index contributed by atoms with van der Waals surface area (Å²) >= 11 is 0. The molecule has 0 saturated heterocycles. The number of furan rings is 1. The van der Waals surface area contributed by atoms with Crippen LogP contribution in [0.15, 0.2) is 47.1 Å². The van der Waals surface area contributed by atoms with Crippen LogP contribution >= 0.6 is 0 Å². The van der Waals surface area contributed by atoms with Crippen LogP contribution in [0.1, 0.15) is 31.1 Å². The molecule has 1 N–H and O–H groups in total. The first-order valence-electron chi connectivity index (χ1n) is 8.39. The first kappa shape index (κ1) is 19.1. The molecular formula is C19H24FNO4. The van der Waals surface area contributed by atoms with Gasteiger partial charge in [0.15, 0.2) is 0 Å². The van der Waals surface area contributed by atoms with Gasteiger partial charge in [-0.1, -0.05) is 19.1 Å². The smallest absolute Gasteiger partial charge is 0.305 e. The lowest BCUT2D eigenvalue weighted by Crippen LogP contribution is -2.34. The van der Waals surface area contributed by atoms with Crippen LogP contribution in [-0.4, -0.2) is 35.2 Å². The highest BCUT2D eigenvalue weighted by Gasteiger charge is 2.16. The first-order chi connectivity index (χ1) is 12.1. The number of esters is 1. The number of hydrogen-bond acceptors (Lipinski definition) is 5. The van der Waals surface area contributed by atoms with Crippen LogP contribution in [0.5, 0.6) is 0 Å². The van der Waals surface area contributed by atoms with Gasteiger partial charge in [0.05, 0.1) is 12.8 Å². The zero-order chi connectivity index (χ0) is 18.1. The predicted octanol–water partition coefficient (Wildman–Crippen LogP) is 3.13. The van der Waals surface area contributed by atoms with E-state index in [1.165, 1.54) is 12.1 Å². The second-order valence-electron chi connectivity index (χ2n) is 5.96. The fourth-order valence-corrected chi connectivity index (χ4v) is 2.47. The Kier molecular flexibility index (Phi) is 7.63. The zero-order valence-electron chi connectivity index (χ0n) is 14.4. The monoisotopic (exact) mass is 349 g/mol. The molecule has 25 heavy (non-hydrogen) atoms. The molecule has 0 aliphatic carbocycles. The number of ether oxygens (including phenoxy) is 1. The predicted molar refractivity (Wildman–Crippen MR) is 91.1 cm³/mol. The Morgan fingerprint density at radius 2 is 2.04 bits per heavy atom. The standard InChI is InChI=1S/C19H24FNO4/c1-2-4-19(23)25-14-17(22)12-21(13-18-5-3-10-24-18)11-15-6-8-16(20)9-7-15/h3,5-10,17,22H,2,4,11-14H2,1H3. The lowest BCUT2D eigenvalue weighted by Gasteiger charge is -2.24. The molecule has 0 amide bonds. The van der Waals surface area contributed by atoms with Crippen LogP contribution in [0, 0.1) is 5.82 Å². The summed E-state index contributed by atoms with van der Waals surface area (Å²) < 4.78 is 23.5. The molecule has 0 radical (unpaired) electrons. The fraction of sp³-hybridized carbons (Fsp3) is 0.421. The van der Waals surface area contributed by atoms with E-state index in [9.17, 15) is 14.3 Å². The van der Waals surface area contributed by atoms with Crippen molar-refractivity contribution in [3.8, 4) is 0 Å². The van der Waals surface area contributed by atoms with Gasteiger partial charge in [-0.3, -0.25) is 9.69 Å². The summed E-state index contributed by atoms with van der Waals surface area (Å²) in [5, 5.41) is 10.2. The molecular weight excluding hydrogens is 325 g/mol. The molecule has 1 unspecified atom stereocenters. The summed E-state index contributed by atoms with van der Waals surface area (Å²) in [5.74, 6) is 0.166. The Balaban J connectivity index is 1.93. The third-order valence-corrected chi connectivity index (χ3v) is 3.64. The van der Waals surface area contributed by atoms with Crippen molar-refractivity contribution in [2.45, 2.75) is 39.0 Å². The second kappa shape index (κ2) is 9.96. The molecule has 2 rings (SSSR count). The Morgan fingerprint density at radius 3 is 2.68 bits per heavy atom. The average Bonchev–Trinajstić information content (AvgIpc) is 3.08. The number of rotatable bonds is 10. The fourth-order valence-electron chi connectivity index (χ4n) is 2.47. The average molecular weight is 349 g/mol. The van der Waals surface area contributed by atoms with Gasteiger partial charge >= 0.3 is 5.97 Å². The van der Waals surface area contributed by atoms with Gasteiger partial charge in [-0.25, -0.2) is 4.39 Å². The highest BCUT2D eigenvalue weighted by atomic mass is 19.1. The minimum atomic E-state index is -0.809. The third-order valence-electron chi connectivity index (χ3n) is 3.64. The number of benzene rings is 1. The van der Waals surface area contributed by atoms with Crippen molar-refractivity contribution in [1.82, 2.24) is 4.90 Å². The second-order valence-corrected chi connectivity index (χ2v) is 5.96. The number of aliphatic hydroxyl groups excluding tert-OH is 1. The third kappa shape index (κ3) is 7.07. The highest BCUT2D eigenvalue weighted by Crippen LogP contribution is 2.12. The molecule has 1 atom stereocenters. The molecule has 0 bridgehead atoms. The van der Waals surface area contributed by atoms with E-state index in [0.717, 1.165) is 11.3 Å². The van der Waals surface area contributed by atoms with Gasteiger partial charge in [0.25, 0.3) is 0 Å². The highest BCUT2D eigenvalue weighted by molar-refractivity contribution is 5.69. The minimum Gasteiger partial charge on any atom is -0.468 e. The number of aliphatic hydroxyl groups is 1. The van der Waals surface area contributed by atoms with Gasteiger partial charge in [0.1, 0.15) is 24.3 Å². The van der Waals surface area contributed by atoms with Crippen LogP contribution in [0.3, 0.4) is 0 Å².